The first-order valence-electron chi connectivity index (χ1n) is 23.5. The lowest BCUT2D eigenvalue weighted by Crippen LogP contribution is -2.48. The van der Waals surface area contributed by atoms with Crippen LogP contribution in [0.1, 0.15) is 80.3 Å². The summed E-state index contributed by atoms with van der Waals surface area (Å²) in [6.07, 6.45) is -0.524. The average molecular weight is 994 g/mol. The van der Waals surface area contributed by atoms with Crippen molar-refractivity contribution in [1.82, 2.24) is 20.4 Å². The second-order valence-corrected chi connectivity index (χ2v) is 17.9. The Morgan fingerprint density at radius 1 is 0.671 bits per heavy atom. The Morgan fingerprint density at radius 2 is 1.19 bits per heavy atom. The zero-order valence-corrected chi connectivity index (χ0v) is 41.2. The molecule has 73 heavy (non-hydrogen) atoms. The molecule has 0 spiro atoms. The molecule has 0 saturated carbocycles. The predicted molar refractivity (Wildman–Crippen MR) is 265 cm³/mol. The molecule has 4 aromatic rings. The fraction of sp³-hybridized carbons (Fsp3) is 0.315. The summed E-state index contributed by atoms with van der Waals surface area (Å²) < 4.78 is 22.3. The van der Waals surface area contributed by atoms with Crippen LogP contribution in [0.3, 0.4) is 0 Å². The molecule has 3 atom stereocenters. The molecule has 3 heterocycles. The smallest absolute Gasteiger partial charge is 0.338 e. The van der Waals surface area contributed by atoms with E-state index in [9.17, 15) is 44.7 Å². The van der Waals surface area contributed by atoms with Crippen LogP contribution >= 0.6 is 0 Å². The molecule has 2 N–H and O–H groups in total. The summed E-state index contributed by atoms with van der Waals surface area (Å²) in [5, 5.41) is 39.6. The molecule has 0 bridgehead atoms. The number of non-ortho nitro benzene ring substituents is 2. The minimum Gasteiger partial charge on any atom is -0.466 e. The van der Waals surface area contributed by atoms with Crippen molar-refractivity contribution in [3.05, 3.63) is 196 Å². The third-order valence-electron chi connectivity index (χ3n) is 12.9. The fourth-order valence-corrected chi connectivity index (χ4v) is 9.49. The van der Waals surface area contributed by atoms with Crippen LogP contribution in [0, 0.1) is 31.6 Å². The lowest BCUT2D eigenvalue weighted by Gasteiger charge is -2.39. The Morgan fingerprint density at radius 3 is 1.74 bits per heavy atom. The number of nitriles is 1. The van der Waals surface area contributed by atoms with E-state index in [-0.39, 0.29) is 69.9 Å². The van der Waals surface area contributed by atoms with E-state index < -0.39 is 51.7 Å². The number of rotatable bonds is 17. The van der Waals surface area contributed by atoms with Crippen LogP contribution in [0.15, 0.2) is 148 Å². The van der Waals surface area contributed by atoms with Crippen molar-refractivity contribution in [2.24, 2.45) is 0 Å². The third kappa shape index (κ3) is 11.8. The van der Waals surface area contributed by atoms with Gasteiger partial charge in [-0.2, -0.15) is 5.26 Å². The Hall–Kier alpha value is -8.47. The zero-order valence-electron chi connectivity index (χ0n) is 41.2. The summed E-state index contributed by atoms with van der Waals surface area (Å²) in [6, 6.07) is 30.8. The number of carbonyl (C=O) groups is 4. The molecular weight excluding hydrogens is 939 g/mol. The number of esters is 4. The summed E-state index contributed by atoms with van der Waals surface area (Å²) >= 11 is 0. The van der Waals surface area contributed by atoms with Crippen LogP contribution in [-0.2, 0) is 44.7 Å². The van der Waals surface area contributed by atoms with E-state index >= 15 is 0 Å². The van der Waals surface area contributed by atoms with E-state index in [1.807, 2.05) is 48.5 Å². The standard InChI is InChI=1S/C54H55N7O12/c1-32(2)73-54(65)46-35(5)57-43(30-55)49(48(46)40-15-11-17-42(29-40)61(68)69)53(64)72-31-36-18-20-38(21-19-36)50(37-12-8-7-9-13-37)59-24-22-58(23-25-59)26-27-71-52(63)45-34(4)56-33(3)44(51(62)70-6)47(45)39-14-10-16-41(28-39)60(66)67/h7-21,28-29,32,47-48,50,56-57H,22-27,31H2,1-6H3. The number of hydrogen-bond acceptors (Lipinski definition) is 17. The molecule has 19 nitrogen and oxygen atoms in total. The number of nitro benzene ring substituents is 2. The monoisotopic (exact) mass is 993 g/mol. The van der Waals surface area contributed by atoms with E-state index in [1.54, 1.807) is 46.8 Å². The number of piperazine rings is 1. The highest BCUT2D eigenvalue weighted by molar-refractivity contribution is 6.01. The SMILES string of the molecule is COC(=O)C1=C(C)NC(C)=C(C(=O)OCCN2CCN(C(c3ccccc3)c3ccc(COC(=O)C4=C(C#N)NC(C)=C(C(=O)OC(C)C)C4c4cccc([N+](=O)[O-])c4)cc3)CC2)C1c1cccc([N+](=O)[O-])c1. The normalized spacial score (nSPS) is 17.8. The highest BCUT2D eigenvalue weighted by Crippen LogP contribution is 2.42. The molecule has 0 aliphatic carbocycles. The molecule has 378 valence electrons. The summed E-state index contributed by atoms with van der Waals surface area (Å²) in [4.78, 5) is 81.6. The van der Waals surface area contributed by atoms with Crippen molar-refractivity contribution in [3.8, 4) is 6.07 Å². The van der Waals surface area contributed by atoms with Crippen molar-refractivity contribution in [2.45, 2.75) is 65.2 Å². The van der Waals surface area contributed by atoms with Crippen LogP contribution in [0.5, 0.6) is 0 Å². The average Bonchev–Trinajstić information content (AvgIpc) is 3.38. The second kappa shape index (κ2) is 23.2. The van der Waals surface area contributed by atoms with E-state index in [1.165, 1.54) is 43.5 Å². The lowest BCUT2D eigenvalue weighted by atomic mass is 9.80. The van der Waals surface area contributed by atoms with Gasteiger partial charge in [-0.1, -0.05) is 78.9 Å². The molecule has 0 radical (unpaired) electrons. The topological polar surface area (TPSA) is 246 Å². The van der Waals surface area contributed by atoms with E-state index in [4.69, 9.17) is 18.9 Å². The number of nitro groups is 2. The van der Waals surface area contributed by atoms with Gasteiger partial charge in [-0.3, -0.25) is 30.0 Å². The molecule has 3 aliphatic rings. The van der Waals surface area contributed by atoms with Gasteiger partial charge < -0.3 is 29.6 Å². The number of carbonyl (C=O) groups excluding carboxylic acids is 4. The van der Waals surface area contributed by atoms with Crippen LogP contribution in [0.2, 0.25) is 0 Å². The number of nitrogens with zero attached hydrogens (tertiary/aromatic N) is 5. The fourth-order valence-electron chi connectivity index (χ4n) is 9.49. The van der Waals surface area contributed by atoms with Crippen LogP contribution in [0.25, 0.3) is 0 Å². The minimum absolute atomic E-state index is 0.0148. The number of nitrogens with one attached hydrogen (secondary N) is 2. The third-order valence-corrected chi connectivity index (χ3v) is 12.9. The van der Waals surface area contributed by atoms with Gasteiger partial charge in [-0.25, -0.2) is 19.2 Å². The molecule has 3 unspecified atom stereocenters. The van der Waals surface area contributed by atoms with Crippen LogP contribution in [0.4, 0.5) is 11.4 Å². The Labute approximate surface area is 421 Å². The van der Waals surface area contributed by atoms with Crippen molar-refractivity contribution < 1.29 is 48.0 Å². The molecular formula is C54H55N7O12. The molecule has 19 heteroatoms. The Kier molecular flexibility index (Phi) is 16.6. The molecule has 3 aliphatic heterocycles. The first kappa shape index (κ1) is 52.4. The van der Waals surface area contributed by atoms with Crippen molar-refractivity contribution >= 4 is 35.3 Å². The molecule has 0 amide bonds. The van der Waals surface area contributed by atoms with E-state index in [2.05, 4.69) is 32.6 Å². The highest BCUT2D eigenvalue weighted by atomic mass is 16.6. The van der Waals surface area contributed by atoms with Gasteiger partial charge in [-0.15, -0.1) is 0 Å². The molecule has 0 aromatic heterocycles. The number of methoxy groups -OCH3 is 1. The quantitative estimate of drug-likeness (QED) is 0.0456. The molecule has 1 fully saturated rings. The summed E-state index contributed by atoms with van der Waals surface area (Å²) in [5.74, 6) is -5.19. The van der Waals surface area contributed by atoms with Gasteiger partial charge in [-0.05, 0) is 62.4 Å². The van der Waals surface area contributed by atoms with Gasteiger partial charge in [0.15, 0.2) is 0 Å². The van der Waals surface area contributed by atoms with Gasteiger partial charge in [0.25, 0.3) is 11.4 Å². The number of hydrogen-bond donors (Lipinski definition) is 2. The lowest BCUT2D eigenvalue weighted by molar-refractivity contribution is -0.385. The van der Waals surface area contributed by atoms with Gasteiger partial charge in [0.2, 0.25) is 0 Å². The molecule has 1 saturated heterocycles. The van der Waals surface area contributed by atoms with Gasteiger partial charge >= 0.3 is 23.9 Å². The number of allylic oxidation sites excluding steroid dienone is 4. The second-order valence-electron chi connectivity index (χ2n) is 17.9. The Bertz CT molecular complexity index is 2980. The maximum atomic E-state index is 14.1. The number of ether oxygens (including phenoxy) is 4. The number of dihydropyridines is 2. The van der Waals surface area contributed by atoms with Crippen molar-refractivity contribution in [1.29, 1.82) is 5.26 Å². The summed E-state index contributed by atoms with van der Waals surface area (Å²) in [7, 11) is 1.23. The summed E-state index contributed by atoms with van der Waals surface area (Å²) in [6.45, 7) is 11.2. The van der Waals surface area contributed by atoms with Gasteiger partial charge in [0.1, 0.15) is 25.0 Å². The van der Waals surface area contributed by atoms with Crippen LogP contribution in [-0.4, -0.2) is 96.1 Å². The largest absolute Gasteiger partial charge is 0.466 e. The maximum absolute atomic E-state index is 14.1. The number of benzene rings is 4. The maximum Gasteiger partial charge on any atom is 0.338 e. The minimum atomic E-state index is -1.22. The summed E-state index contributed by atoms with van der Waals surface area (Å²) in [5.41, 5.74) is 3.94. The van der Waals surface area contributed by atoms with Crippen molar-refractivity contribution in [3.63, 3.8) is 0 Å². The van der Waals surface area contributed by atoms with Crippen molar-refractivity contribution in [2.75, 3.05) is 46.4 Å². The Balaban J connectivity index is 1.02. The highest BCUT2D eigenvalue weighted by Gasteiger charge is 2.41. The van der Waals surface area contributed by atoms with Gasteiger partial charge in [0, 0.05) is 74.1 Å². The predicted octanol–water partition coefficient (Wildman–Crippen LogP) is 7.29. The molecule has 7 rings (SSSR count). The van der Waals surface area contributed by atoms with E-state index in [0.717, 1.165) is 11.1 Å². The van der Waals surface area contributed by atoms with Gasteiger partial charge in [0.05, 0.1) is 63.2 Å². The van der Waals surface area contributed by atoms with Crippen LogP contribution < -0.4 is 10.6 Å². The molecule has 4 aromatic carbocycles. The first-order valence-corrected chi connectivity index (χ1v) is 23.5. The van der Waals surface area contributed by atoms with E-state index in [0.29, 0.717) is 55.2 Å². The zero-order chi connectivity index (χ0) is 52.5. The first-order chi connectivity index (χ1) is 35.0.